The molecule has 0 aliphatic carbocycles. The Labute approximate surface area is 72.4 Å². The summed E-state index contributed by atoms with van der Waals surface area (Å²) in [5, 5.41) is 0. The van der Waals surface area contributed by atoms with Crippen molar-refractivity contribution in [3.05, 3.63) is 12.2 Å². The minimum Gasteiger partial charge on any atom is -0.466 e. The number of esters is 1. The second-order valence-corrected chi connectivity index (χ2v) is 2.64. The molecule has 68 valence electrons. The van der Waals surface area contributed by atoms with Gasteiger partial charge in [0.15, 0.2) is 0 Å². The molecule has 0 bridgehead atoms. The fourth-order valence-corrected chi connectivity index (χ4v) is 1.10. The number of ether oxygens (including phenoxy) is 2. The van der Waals surface area contributed by atoms with Gasteiger partial charge in [-0.05, 0) is 13.3 Å². The standard InChI is InChI=1S/C9H14O3/c1-2-11-9(10)7-8-5-3-4-6-12-8/h3,5,8H,2,4,6-7H2,1H3. The summed E-state index contributed by atoms with van der Waals surface area (Å²) in [7, 11) is 0. The van der Waals surface area contributed by atoms with Gasteiger partial charge in [-0.2, -0.15) is 0 Å². The third-order valence-corrected chi connectivity index (χ3v) is 1.64. The zero-order chi connectivity index (χ0) is 8.81. The van der Waals surface area contributed by atoms with Crippen LogP contribution in [-0.2, 0) is 14.3 Å². The van der Waals surface area contributed by atoms with Crippen LogP contribution in [0.15, 0.2) is 12.2 Å². The summed E-state index contributed by atoms with van der Waals surface area (Å²) in [6.45, 7) is 2.95. The van der Waals surface area contributed by atoms with E-state index in [1.807, 2.05) is 12.2 Å². The molecule has 0 fully saturated rings. The Kier molecular flexibility index (Phi) is 3.80. The molecule has 3 heteroatoms. The molecular formula is C9H14O3. The topological polar surface area (TPSA) is 35.5 Å². The van der Waals surface area contributed by atoms with E-state index < -0.39 is 0 Å². The number of rotatable bonds is 3. The van der Waals surface area contributed by atoms with E-state index in [9.17, 15) is 4.79 Å². The van der Waals surface area contributed by atoms with Gasteiger partial charge in [-0.3, -0.25) is 4.79 Å². The highest BCUT2D eigenvalue weighted by Gasteiger charge is 2.13. The lowest BCUT2D eigenvalue weighted by Crippen LogP contribution is -2.20. The average molecular weight is 170 g/mol. The Balaban J connectivity index is 2.25. The van der Waals surface area contributed by atoms with Crippen LogP contribution in [0.4, 0.5) is 0 Å². The minimum absolute atomic E-state index is 0.0715. The highest BCUT2D eigenvalue weighted by molar-refractivity contribution is 5.70. The smallest absolute Gasteiger partial charge is 0.308 e. The van der Waals surface area contributed by atoms with E-state index in [4.69, 9.17) is 9.47 Å². The maximum atomic E-state index is 11.0. The Morgan fingerprint density at radius 2 is 2.58 bits per heavy atom. The van der Waals surface area contributed by atoms with Crippen LogP contribution in [0.5, 0.6) is 0 Å². The first-order chi connectivity index (χ1) is 5.83. The van der Waals surface area contributed by atoms with Gasteiger partial charge in [0.2, 0.25) is 0 Å². The quantitative estimate of drug-likeness (QED) is 0.473. The Morgan fingerprint density at radius 3 is 3.17 bits per heavy atom. The van der Waals surface area contributed by atoms with Crippen molar-refractivity contribution in [3.63, 3.8) is 0 Å². The second kappa shape index (κ2) is 4.93. The predicted octanol–water partition coefficient (Wildman–Crippen LogP) is 1.28. The molecule has 1 heterocycles. The molecule has 0 N–H and O–H groups in total. The van der Waals surface area contributed by atoms with E-state index in [-0.39, 0.29) is 12.1 Å². The number of carbonyl (C=O) groups excluding carboxylic acids is 1. The summed E-state index contributed by atoms with van der Waals surface area (Å²) in [4.78, 5) is 11.0. The van der Waals surface area contributed by atoms with Gasteiger partial charge >= 0.3 is 5.97 Å². The van der Waals surface area contributed by atoms with Crippen molar-refractivity contribution in [1.82, 2.24) is 0 Å². The molecule has 0 saturated heterocycles. The van der Waals surface area contributed by atoms with Crippen molar-refractivity contribution >= 4 is 5.97 Å². The van der Waals surface area contributed by atoms with Gasteiger partial charge in [0.1, 0.15) is 0 Å². The summed E-state index contributed by atoms with van der Waals surface area (Å²) < 4.78 is 10.1. The van der Waals surface area contributed by atoms with Gasteiger partial charge < -0.3 is 9.47 Å². The summed E-state index contributed by atoms with van der Waals surface area (Å²) in [6.07, 6.45) is 5.16. The van der Waals surface area contributed by atoms with Gasteiger partial charge in [-0.1, -0.05) is 12.2 Å². The molecule has 1 aliphatic heterocycles. The highest BCUT2D eigenvalue weighted by Crippen LogP contribution is 2.08. The van der Waals surface area contributed by atoms with Gasteiger partial charge in [0, 0.05) is 0 Å². The molecule has 0 radical (unpaired) electrons. The van der Waals surface area contributed by atoms with Crippen LogP contribution >= 0.6 is 0 Å². The van der Waals surface area contributed by atoms with Crippen molar-refractivity contribution in [2.75, 3.05) is 13.2 Å². The summed E-state index contributed by atoms with van der Waals surface area (Å²) in [6, 6.07) is 0. The third kappa shape index (κ3) is 3.05. The zero-order valence-corrected chi connectivity index (χ0v) is 7.29. The minimum atomic E-state index is -0.186. The van der Waals surface area contributed by atoms with E-state index in [0.717, 1.165) is 6.42 Å². The van der Waals surface area contributed by atoms with Crippen LogP contribution in [0, 0.1) is 0 Å². The van der Waals surface area contributed by atoms with Crippen molar-refractivity contribution in [1.29, 1.82) is 0 Å². The van der Waals surface area contributed by atoms with E-state index in [1.54, 1.807) is 6.92 Å². The normalized spacial score (nSPS) is 22.2. The summed E-state index contributed by atoms with van der Waals surface area (Å²) >= 11 is 0. The number of hydrogen-bond acceptors (Lipinski definition) is 3. The first-order valence-electron chi connectivity index (χ1n) is 4.27. The Hall–Kier alpha value is -0.830. The lowest BCUT2D eigenvalue weighted by molar-refractivity contribution is -0.145. The monoisotopic (exact) mass is 170 g/mol. The molecular weight excluding hydrogens is 156 g/mol. The van der Waals surface area contributed by atoms with E-state index >= 15 is 0 Å². The molecule has 0 aromatic rings. The van der Waals surface area contributed by atoms with Crippen molar-refractivity contribution < 1.29 is 14.3 Å². The molecule has 0 spiro atoms. The van der Waals surface area contributed by atoms with Gasteiger partial charge in [0.05, 0.1) is 25.7 Å². The fourth-order valence-electron chi connectivity index (χ4n) is 1.10. The third-order valence-electron chi connectivity index (χ3n) is 1.64. The van der Waals surface area contributed by atoms with Gasteiger partial charge in [0.25, 0.3) is 0 Å². The SMILES string of the molecule is CCOC(=O)CC1C=CCCO1. The summed E-state index contributed by atoms with van der Waals surface area (Å²) in [5.41, 5.74) is 0. The van der Waals surface area contributed by atoms with E-state index in [0.29, 0.717) is 19.6 Å². The van der Waals surface area contributed by atoms with Gasteiger partial charge in [-0.15, -0.1) is 0 Å². The highest BCUT2D eigenvalue weighted by atomic mass is 16.5. The maximum absolute atomic E-state index is 11.0. The molecule has 1 unspecified atom stereocenters. The Morgan fingerprint density at radius 1 is 1.75 bits per heavy atom. The fraction of sp³-hybridized carbons (Fsp3) is 0.667. The average Bonchev–Trinajstić information content (AvgIpc) is 2.06. The van der Waals surface area contributed by atoms with Crippen LogP contribution in [0.3, 0.4) is 0 Å². The van der Waals surface area contributed by atoms with Crippen LogP contribution in [0.1, 0.15) is 19.8 Å². The second-order valence-electron chi connectivity index (χ2n) is 2.64. The van der Waals surface area contributed by atoms with Crippen molar-refractivity contribution in [3.8, 4) is 0 Å². The zero-order valence-electron chi connectivity index (χ0n) is 7.29. The number of hydrogen-bond donors (Lipinski definition) is 0. The molecule has 3 nitrogen and oxygen atoms in total. The summed E-state index contributed by atoms with van der Waals surface area (Å²) in [5.74, 6) is -0.186. The Bertz CT molecular complexity index is 175. The molecule has 1 rings (SSSR count). The van der Waals surface area contributed by atoms with Crippen LogP contribution in [-0.4, -0.2) is 25.3 Å². The van der Waals surface area contributed by atoms with E-state index in [2.05, 4.69) is 0 Å². The van der Waals surface area contributed by atoms with Crippen molar-refractivity contribution in [2.45, 2.75) is 25.9 Å². The largest absolute Gasteiger partial charge is 0.466 e. The maximum Gasteiger partial charge on any atom is 0.308 e. The van der Waals surface area contributed by atoms with Crippen LogP contribution in [0.2, 0.25) is 0 Å². The molecule has 0 aromatic heterocycles. The number of carbonyl (C=O) groups is 1. The predicted molar refractivity (Wildman–Crippen MR) is 44.7 cm³/mol. The van der Waals surface area contributed by atoms with Gasteiger partial charge in [-0.25, -0.2) is 0 Å². The molecule has 0 amide bonds. The molecule has 12 heavy (non-hydrogen) atoms. The molecule has 0 saturated carbocycles. The van der Waals surface area contributed by atoms with E-state index in [1.165, 1.54) is 0 Å². The molecule has 0 aromatic carbocycles. The first kappa shape index (κ1) is 9.26. The first-order valence-corrected chi connectivity index (χ1v) is 4.27. The lowest BCUT2D eigenvalue weighted by Gasteiger charge is -2.16. The molecule has 1 aliphatic rings. The van der Waals surface area contributed by atoms with Crippen LogP contribution < -0.4 is 0 Å². The van der Waals surface area contributed by atoms with Crippen molar-refractivity contribution in [2.24, 2.45) is 0 Å². The van der Waals surface area contributed by atoms with Crippen LogP contribution in [0.25, 0.3) is 0 Å². The molecule has 1 atom stereocenters. The lowest BCUT2D eigenvalue weighted by atomic mass is 10.2.